The van der Waals surface area contributed by atoms with Crippen molar-refractivity contribution in [1.29, 1.82) is 0 Å². The zero-order chi connectivity index (χ0) is 12.7. The van der Waals surface area contributed by atoms with Crippen LogP contribution in [0.25, 0.3) is 0 Å². The average Bonchev–Trinajstić information content (AvgIpc) is 2.61. The number of anilines is 1. The Morgan fingerprint density at radius 2 is 1.94 bits per heavy atom. The molecule has 98 valence electrons. The van der Waals surface area contributed by atoms with Gasteiger partial charge in [-0.15, -0.1) is 0 Å². The number of nitrogens with zero attached hydrogens (tertiary/aromatic N) is 1. The summed E-state index contributed by atoms with van der Waals surface area (Å²) >= 11 is 0. The van der Waals surface area contributed by atoms with Crippen molar-refractivity contribution < 1.29 is 9.50 Å². The minimum Gasteiger partial charge on any atom is -0.393 e. The Kier molecular flexibility index (Phi) is 2.99. The van der Waals surface area contributed by atoms with Crippen molar-refractivity contribution in [1.82, 2.24) is 0 Å². The molecule has 4 heteroatoms. The summed E-state index contributed by atoms with van der Waals surface area (Å²) in [6.07, 6.45) is 3.41. The van der Waals surface area contributed by atoms with E-state index in [9.17, 15) is 9.50 Å². The van der Waals surface area contributed by atoms with E-state index in [1.807, 2.05) is 12.1 Å². The van der Waals surface area contributed by atoms with Crippen LogP contribution >= 0.6 is 0 Å². The number of hydrogen-bond acceptors (Lipinski definition) is 3. The van der Waals surface area contributed by atoms with Crippen molar-refractivity contribution in [2.45, 2.75) is 50.4 Å². The van der Waals surface area contributed by atoms with Crippen LogP contribution in [0.5, 0.6) is 0 Å². The molecule has 2 bridgehead atoms. The third kappa shape index (κ3) is 1.89. The van der Waals surface area contributed by atoms with Gasteiger partial charge in [0.05, 0.1) is 11.8 Å². The molecule has 18 heavy (non-hydrogen) atoms. The highest BCUT2D eigenvalue weighted by atomic mass is 19.1. The van der Waals surface area contributed by atoms with Gasteiger partial charge in [-0.3, -0.25) is 0 Å². The van der Waals surface area contributed by atoms with Gasteiger partial charge >= 0.3 is 0 Å². The number of piperidine rings is 1. The molecule has 1 aromatic rings. The fraction of sp³-hybridized carbons (Fsp3) is 0.571. The number of aliphatic hydroxyl groups is 1. The van der Waals surface area contributed by atoms with Crippen LogP contribution in [-0.4, -0.2) is 23.3 Å². The van der Waals surface area contributed by atoms with Crippen LogP contribution in [0.2, 0.25) is 0 Å². The van der Waals surface area contributed by atoms with Gasteiger partial charge < -0.3 is 15.7 Å². The van der Waals surface area contributed by atoms with Crippen molar-refractivity contribution in [2.75, 3.05) is 4.90 Å². The maximum absolute atomic E-state index is 14.1. The topological polar surface area (TPSA) is 49.5 Å². The molecule has 2 aliphatic heterocycles. The largest absolute Gasteiger partial charge is 0.393 e. The average molecular weight is 250 g/mol. The molecule has 2 heterocycles. The summed E-state index contributed by atoms with van der Waals surface area (Å²) in [5.41, 5.74) is 7.01. The molecule has 2 aliphatic rings. The van der Waals surface area contributed by atoms with Gasteiger partial charge in [0.2, 0.25) is 0 Å². The van der Waals surface area contributed by atoms with E-state index in [2.05, 4.69) is 4.90 Å². The molecular weight excluding hydrogens is 231 g/mol. The van der Waals surface area contributed by atoms with E-state index < -0.39 is 0 Å². The van der Waals surface area contributed by atoms with Crippen LogP contribution in [0.4, 0.5) is 10.1 Å². The molecule has 2 atom stereocenters. The number of nitrogens with two attached hydrogens (primary N) is 1. The second kappa shape index (κ2) is 4.52. The van der Waals surface area contributed by atoms with Gasteiger partial charge in [0, 0.05) is 18.6 Å². The van der Waals surface area contributed by atoms with Crippen LogP contribution < -0.4 is 10.6 Å². The zero-order valence-electron chi connectivity index (χ0n) is 10.3. The third-order valence-corrected chi connectivity index (χ3v) is 4.23. The lowest BCUT2D eigenvalue weighted by atomic mass is 9.98. The molecule has 0 aliphatic carbocycles. The second-order valence-electron chi connectivity index (χ2n) is 5.41. The second-order valence-corrected chi connectivity index (χ2v) is 5.41. The first-order valence-corrected chi connectivity index (χ1v) is 6.64. The standard InChI is InChI=1S/C14H19FN2O/c15-13-5-9(8-16)1-4-14(13)17-10-2-3-11(17)7-12(18)6-10/h1,4-5,10-12,18H,2-3,6-8,16H2. The molecule has 0 radical (unpaired) electrons. The minimum atomic E-state index is -0.217. The van der Waals surface area contributed by atoms with Gasteiger partial charge in [-0.25, -0.2) is 4.39 Å². The maximum Gasteiger partial charge on any atom is 0.146 e. The Morgan fingerprint density at radius 1 is 1.28 bits per heavy atom. The summed E-state index contributed by atoms with van der Waals surface area (Å²) in [6, 6.07) is 5.83. The summed E-state index contributed by atoms with van der Waals surface area (Å²) in [6.45, 7) is 0.364. The Morgan fingerprint density at radius 3 is 2.50 bits per heavy atom. The van der Waals surface area contributed by atoms with Crippen LogP contribution in [0.15, 0.2) is 18.2 Å². The molecule has 3 rings (SSSR count). The van der Waals surface area contributed by atoms with Crippen molar-refractivity contribution in [2.24, 2.45) is 5.73 Å². The number of fused-ring (bicyclic) bond motifs is 2. The van der Waals surface area contributed by atoms with Crippen LogP contribution in [-0.2, 0) is 6.54 Å². The van der Waals surface area contributed by atoms with Gasteiger partial charge in [-0.1, -0.05) is 6.07 Å². The molecule has 0 saturated carbocycles. The quantitative estimate of drug-likeness (QED) is 0.841. The highest BCUT2D eigenvalue weighted by Crippen LogP contribution is 2.40. The van der Waals surface area contributed by atoms with Gasteiger partial charge in [-0.2, -0.15) is 0 Å². The molecular formula is C14H19FN2O. The van der Waals surface area contributed by atoms with Gasteiger partial charge in [0.25, 0.3) is 0 Å². The lowest BCUT2D eigenvalue weighted by Crippen LogP contribution is -2.45. The molecule has 0 amide bonds. The van der Waals surface area contributed by atoms with Gasteiger partial charge in [-0.05, 0) is 43.4 Å². The van der Waals surface area contributed by atoms with Crippen molar-refractivity contribution in [3.8, 4) is 0 Å². The number of rotatable bonds is 2. The Labute approximate surface area is 106 Å². The first-order valence-electron chi connectivity index (χ1n) is 6.64. The summed E-state index contributed by atoms with van der Waals surface area (Å²) in [7, 11) is 0. The van der Waals surface area contributed by atoms with E-state index in [0.717, 1.165) is 31.2 Å². The summed E-state index contributed by atoms with van der Waals surface area (Å²) in [5, 5.41) is 9.77. The lowest BCUT2D eigenvalue weighted by Gasteiger charge is -2.39. The molecule has 0 spiro atoms. The third-order valence-electron chi connectivity index (χ3n) is 4.23. The van der Waals surface area contributed by atoms with Gasteiger partial charge in [0.1, 0.15) is 5.82 Å². The summed E-state index contributed by atoms with van der Waals surface area (Å²) < 4.78 is 14.1. The first-order chi connectivity index (χ1) is 8.69. The highest BCUT2D eigenvalue weighted by molar-refractivity contribution is 5.52. The van der Waals surface area contributed by atoms with E-state index in [1.165, 1.54) is 6.07 Å². The molecule has 3 N–H and O–H groups in total. The monoisotopic (exact) mass is 250 g/mol. The smallest absolute Gasteiger partial charge is 0.146 e. The van der Waals surface area contributed by atoms with Crippen molar-refractivity contribution >= 4 is 5.69 Å². The highest BCUT2D eigenvalue weighted by Gasteiger charge is 2.41. The molecule has 2 fully saturated rings. The molecule has 2 saturated heterocycles. The number of halogens is 1. The number of aliphatic hydroxyl groups excluding tert-OH is 1. The van der Waals surface area contributed by atoms with E-state index in [-0.39, 0.29) is 24.0 Å². The molecule has 2 unspecified atom stereocenters. The Bertz CT molecular complexity index is 437. The van der Waals surface area contributed by atoms with Crippen molar-refractivity contribution in [3.05, 3.63) is 29.6 Å². The number of hydrogen-bond donors (Lipinski definition) is 2. The van der Waals surface area contributed by atoms with E-state index in [4.69, 9.17) is 5.73 Å². The van der Waals surface area contributed by atoms with Crippen LogP contribution in [0.3, 0.4) is 0 Å². The molecule has 1 aromatic carbocycles. The Hall–Kier alpha value is -1.13. The SMILES string of the molecule is NCc1ccc(N2C3CCC2CC(O)C3)c(F)c1. The normalized spacial score (nSPS) is 30.8. The fourth-order valence-electron chi connectivity index (χ4n) is 3.43. The van der Waals surface area contributed by atoms with Gasteiger partial charge in [0.15, 0.2) is 0 Å². The predicted molar refractivity (Wildman–Crippen MR) is 68.8 cm³/mol. The molecule has 3 nitrogen and oxygen atoms in total. The molecule has 0 aromatic heterocycles. The summed E-state index contributed by atoms with van der Waals surface area (Å²) in [5.74, 6) is -0.189. The minimum absolute atomic E-state index is 0.189. The van der Waals surface area contributed by atoms with E-state index in [1.54, 1.807) is 0 Å². The summed E-state index contributed by atoms with van der Waals surface area (Å²) in [4.78, 5) is 2.17. The van der Waals surface area contributed by atoms with E-state index >= 15 is 0 Å². The fourth-order valence-corrected chi connectivity index (χ4v) is 3.43. The first kappa shape index (κ1) is 11.9. The van der Waals surface area contributed by atoms with Crippen molar-refractivity contribution in [3.63, 3.8) is 0 Å². The number of benzene rings is 1. The lowest BCUT2D eigenvalue weighted by molar-refractivity contribution is 0.126. The zero-order valence-corrected chi connectivity index (χ0v) is 10.3. The predicted octanol–water partition coefficient (Wildman–Crippen LogP) is 1.78. The maximum atomic E-state index is 14.1. The van der Waals surface area contributed by atoms with E-state index in [0.29, 0.717) is 12.2 Å². The van der Waals surface area contributed by atoms with Crippen LogP contribution in [0, 0.1) is 5.82 Å². The van der Waals surface area contributed by atoms with Crippen LogP contribution in [0.1, 0.15) is 31.2 Å². The Balaban J connectivity index is 1.91.